The fourth-order valence-electron chi connectivity index (χ4n) is 6.24. The van der Waals surface area contributed by atoms with Crippen LogP contribution in [0.5, 0.6) is 5.75 Å². The molecule has 1 N–H and O–H groups in total. The highest BCUT2D eigenvalue weighted by molar-refractivity contribution is 6.05. The quantitative estimate of drug-likeness (QED) is 0.383. The molecular formula is C28H28O4. The summed E-state index contributed by atoms with van der Waals surface area (Å²) in [7, 11) is 1.73. The molecule has 0 radical (unpaired) electrons. The van der Waals surface area contributed by atoms with Crippen LogP contribution in [0.1, 0.15) is 67.0 Å². The van der Waals surface area contributed by atoms with E-state index < -0.39 is 0 Å². The van der Waals surface area contributed by atoms with Crippen LogP contribution in [-0.2, 0) is 17.4 Å². The first-order valence-electron chi connectivity index (χ1n) is 11.2. The molecule has 4 heteroatoms. The van der Waals surface area contributed by atoms with Crippen molar-refractivity contribution >= 4 is 10.8 Å². The van der Waals surface area contributed by atoms with Crippen LogP contribution in [-0.4, -0.2) is 12.2 Å². The minimum Gasteiger partial charge on any atom is -0.496 e. The van der Waals surface area contributed by atoms with E-state index in [9.17, 15) is 5.11 Å². The zero-order chi connectivity index (χ0) is 22.7. The summed E-state index contributed by atoms with van der Waals surface area (Å²) in [6, 6.07) is 8.57. The molecule has 4 nitrogen and oxygen atoms in total. The number of hydrogen-bond donors (Lipinski definition) is 1. The van der Waals surface area contributed by atoms with E-state index in [1.807, 2.05) is 13.8 Å². The summed E-state index contributed by atoms with van der Waals surface area (Å²) < 4.78 is 18.3. The van der Waals surface area contributed by atoms with Gasteiger partial charge in [0.1, 0.15) is 28.8 Å². The largest absolute Gasteiger partial charge is 0.496 e. The van der Waals surface area contributed by atoms with Crippen molar-refractivity contribution in [2.24, 2.45) is 0 Å². The monoisotopic (exact) mass is 428 g/mol. The van der Waals surface area contributed by atoms with Crippen LogP contribution in [0.3, 0.4) is 0 Å². The second-order valence-electron chi connectivity index (χ2n) is 10.3. The molecule has 2 aliphatic rings. The van der Waals surface area contributed by atoms with Crippen LogP contribution >= 0.6 is 0 Å². The molecule has 0 spiro atoms. The molecule has 2 heterocycles. The summed E-state index contributed by atoms with van der Waals surface area (Å²) >= 11 is 0. The summed E-state index contributed by atoms with van der Waals surface area (Å²) in [6.07, 6.45) is 0. The highest BCUT2D eigenvalue weighted by atomic mass is 16.5. The van der Waals surface area contributed by atoms with E-state index in [4.69, 9.17) is 13.6 Å². The predicted molar refractivity (Wildman–Crippen MR) is 126 cm³/mol. The molecule has 0 aliphatic heterocycles. The molecule has 2 aliphatic carbocycles. The molecule has 32 heavy (non-hydrogen) atoms. The molecule has 0 unspecified atom stereocenters. The summed E-state index contributed by atoms with van der Waals surface area (Å²) in [5, 5.41) is 12.7. The van der Waals surface area contributed by atoms with E-state index in [-0.39, 0.29) is 17.4 Å². The average molecular weight is 429 g/mol. The standard InChI is InChI=1S/C28H28O4/c1-13-8-18-25(31-13)21-15(12-29)10-16-17(23(21)27(18,3)4)11-20(30-7)22-24(16)28(5,6)19-9-14(2)32-26(19)22/h8-11,29H,12H2,1-7H3. The van der Waals surface area contributed by atoms with Crippen LogP contribution < -0.4 is 4.74 Å². The summed E-state index contributed by atoms with van der Waals surface area (Å²) in [5.74, 6) is 4.40. The van der Waals surface area contributed by atoms with Crippen molar-refractivity contribution in [1.29, 1.82) is 0 Å². The Hall–Kier alpha value is -2.98. The first kappa shape index (κ1) is 19.7. The van der Waals surface area contributed by atoms with E-state index in [1.54, 1.807) is 7.11 Å². The second-order valence-corrected chi connectivity index (χ2v) is 10.3. The number of aryl methyl sites for hydroxylation is 2. The first-order valence-corrected chi connectivity index (χ1v) is 11.2. The number of fused-ring (bicyclic) bond motifs is 9. The Labute approximate surface area is 187 Å². The lowest BCUT2D eigenvalue weighted by molar-refractivity contribution is 0.282. The van der Waals surface area contributed by atoms with Crippen molar-refractivity contribution in [2.75, 3.05) is 7.11 Å². The third-order valence-corrected chi connectivity index (χ3v) is 7.64. The van der Waals surface area contributed by atoms with Crippen molar-refractivity contribution < 1.29 is 18.7 Å². The van der Waals surface area contributed by atoms with Gasteiger partial charge in [0.15, 0.2) is 0 Å². The van der Waals surface area contributed by atoms with Crippen molar-refractivity contribution in [2.45, 2.75) is 59.0 Å². The summed E-state index contributed by atoms with van der Waals surface area (Å²) in [5.41, 5.74) is 7.21. The average Bonchev–Trinajstić information content (AvgIpc) is 3.42. The van der Waals surface area contributed by atoms with Gasteiger partial charge in [-0.25, -0.2) is 0 Å². The van der Waals surface area contributed by atoms with Crippen LogP contribution in [0.15, 0.2) is 33.1 Å². The number of ether oxygens (including phenoxy) is 1. The van der Waals surface area contributed by atoms with Crippen LogP contribution in [0.2, 0.25) is 0 Å². The lowest BCUT2D eigenvalue weighted by atomic mass is 9.75. The van der Waals surface area contributed by atoms with Gasteiger partial charge in [-0.3, -0.25) is 0 Å². The van der Waals surface area contributed by atoms with Crippen molar-refractivity contribution in [1.82, 2.24) is 0 Å². The zero-order valence-corrected chi connectivity index (χ0v) is 19.7. The van der Waals surface area contributed by atoms with Gasteiger partial charge >= 0.3 is 0 Å². The Balaban J connectivity index is 1.82. The smallest absolute Gasteiger partial charge is 0.142 e. The van der Waals surface area contributed by atoms with Crippen molar-refractivity contribution in [3.63, 3.8) is 0 Å². The Kier molecular flexibility index (Phi) is 3.61. The minimum absolute atomic E-state index is 0.0442. The molecule has 164 valence electrons. The molecule has 0 saturated carbocycles. The van der Waals surface area contributed by atoms with E-state index in [0.717, 1.165) is 56.3 Å². The zero-order valence-electron chi connectivity index (χ0n) is 19.7. The van der Waals surface area contributed by atoms with Crippen LogP contribution in [0.4, 0.5) is 0 Å². The van der Waals surface area contributed by atoms with Gasteiger partial charge in [0.25, 0.3) is 0 Å². The lowest BCUT2D eigenvalue weighted by Crippen LogP contribution is -2.18. The minimum atomic E-state index is -0.253. The maximum atomic E-state index is 10.4. The number of aliphatic hydroxyl groups excluding tert-OH is 1. The molecule has 2 aromatic heterocycles. The number of hydrogen-bond acceptors (Lipinski definition) is 4. The predicted octanol–water partition coefficient (Wildman–Crippen LogP) is 6.76. The molecule has 0 atom stereocenters. The van der Waals surface area contributed by atoms with Gasteiger partial charge in [0.05, 0.1) is 19.3 Å². The van der Waals surface area contributed by atoms with Crippen molar-refractivity contribution in [3.8, 4) is 28.4 Å². The van der Waals surface area contributed by atoms with E-state index in [0.29, 0.717) is 0 Å². The van der Waals surface area contributed by atoms with E-state index in [1.165, 1.54) is 22.3 Å². The van der Waals surface area contributed by atoms with Gasteiger partial charge in [-0.05, 0) is 65.6 Å². The Morgan fingerprint density at radius 2 is 1.28 bits per heavy atom. The topological polar surface area (TPSA) is 55.7 Å². The first-order chi connectivity index (χ1) is 15.1. The fraction of sp³-hybridized carbons (Fsp3) is 0.357. The lowest BCUT2D eigenvalue weighted by Gasteiger charge is -2.27. The number of rotatable bonds is 2. The van der Waals surface area contributed by atoms with Gasteiger partial charge < -0.3 is 18.7 Å². The SMILES string of the molecule is COc1cc2c3c(c(CO)cc2c2c1-c1oc(C)cc1C2(C)C)-c1oc(C)cc1C3(C)C. The van der Waals surface area contributed by atoms with E-state index in [2.05, 4.69) is 52.0 Å². The number of benzene rings is 2. The highest BCUT2D eigenvalue weighted by Gasteiger charge is 2.46. The molecule has 6 rings (SSSR count). The van der Waals surface area contributed by atoms with Gasteiger partial charge in [-0.2, -0.15) is 0 Å². The Morgan fingerprint density at radius 3 is 1.81 bits per heavy atom. The molecule has 2 aromatic carbocycles. The molecule has 0 fully saturated rings. The van der Waals surface area contributed by atoms with E-state index >= 15 is 0 Å². The fourth-order valence-corrected chi connectivity index (χ4v) is 6.24. The summed E-state index contributed by atoms with van der Waals surface area (Å²) in [6.45, 7) is 12.9. The Morgan fingerprint density at radius 1 is 0.781 bits per heavy atom. The van der Waals surface area contributed by atoms with Crippen molar-refractivity contribution in [3.05, 3.63) is 63.6 Å². The number of aliphatic hydroxyl groups is 1. The van der Waals surface area contributed by atoms with Gasteiger partial charge in [0.2, 0.25) is 0 Å². The number of methoxy groups -OCH3 is 1. The summed E-state index contributed by atoms with van der Waals surface area (Å²) in [4.78, 5) is 0. The van der Waals surface area contributed by atoms with Gasteiger partial charge in [-0.15, -0.1) is 0 Å². The van der Waals surface area contributed by atoms with Gasteiger partial charge in [-0.1, -0.05) is 27.7 Å². The molecular weight excluding hydrogens is 400 g/mol. The third kappa shape index (κ3) is 2.11. The third-order valence-electron chi connectivity index (χ3n) is 7.64. The maximum Gasteiger partial charge on any atom is 0.142 e. The maximum absolute atomic E-state index is 10.4. The number of furan rings is 2. The highest BCUT2D eigenvalue weighted by Crippen LogP contribution is 2.60. The van der Waals surface area contributed by atoms with Gasteiger partial charge in [0, 0.05) is 27.5 Å². The molecule has 0 saturated heterocycles. The Bertz CT molecular complexity index is 1350. The molecule has 4 aromatic rings. The normalized spacial score (nSPS) is 16.8. The van der Waals surface area contributed by atoms with Crippen LogP contribution in [0.25, 0.3) is 33.4 Å². The molecule has 0 amide bonds. The van der Waals surface area contributed by atoms with Crippen LogP contribution in [0, 0.1) is 13.8 Å². The molecule has 0 bridgehead atoms. The second kappa shape index (κ2) is 5.87.